The molecule has 0 aliphatic heterocycles. The van der Waals surface area contributed by atoms with Gasteiger partial charge in [-0.3, -0.25) is 9.59 Å². The van der Waals surface area contributed by atoms with Crippen molar-refractivity contribution in [1.82, 2.24) is 0 Å². The quantitative estimate of drug-likeness (QED) is 0.518. The summed E-state index contributed by atoms with van der Waals surface area (Å²) in [5, 5.41) is 0. The Balaban J connectivity index is 4.62. The molecule has 1 atom stereocenters. The highest BCUT2D eigenvalue weighted by atomic mass is 16.5. The van der Waals surface area contributed by atoms with E-state index in [1.807, 2.05) is 6.92 Å². The molecular weight excluding hydrogens is 204 g/mol. The fourth-order valence-corrected chi connectivity index (χ4v) is 1.84. The summed E-state index contributed by atoms with van der Waals surface area (Å²) in [6, 6.07) is 0. The maximum Gasteiger partial charge on any atom is 0.319 e. The van der Waals surface area contributed by atoms with E-state index in [0.29, 0.717) is 12.5 Å². The zero-order valence-electron chi connectivity index (χ0n) is 11.3. The van der Waals surface area contributed by atoms with E-state index in [1.165, 1.54) is 0 Å². The van der Waals surface area contributed by atoms with Crippen molar-refractivity contribution in [3.8, 4) is 0 Å². The lowest BCUT2D eigenvalue weighted by atomic mass is 9.79. The monoisotopic (exact) mass is 228 g/mol. The van der Waals surface area contributed by atoms with Gasteiger partial charge in [-0.25, -0.2) is 0 Å². The number of hydrogen-bond donors (Lipinski definition) is 0. The van der Waals surface area contributed by atoms with Gasteiger partial charge in [-0.15, -0.1) is 0 Å². The molecule has 0 heterocycles. The molecule has 3 nitrogen and oxygen atoms in total. The van der Waals surface area contributed by atoms with Crippen LogP contribution in [-0.4, -0.2) is 18.4 Å². The molecule has 0 aliphatic carbocycles. The first kappa shape index (κ1) is 15.1. The van der Waals surface area contributed by atoms with E-state index in [4.69, 9.17) is 4.74 Å². The summed E-state index contributed by atoms with van der Waals surface area (Å²) in [7, 11) is 0. The van der Waals surface area contributed by atoms with E-state index < -0.39 is 11.4 Å². The van der Waals surface area contributed by atoms with Gasteiger partial charge in [0.15, 0.2) is 5.78 Å². The molecule has 0 fully saturated rings. The van der Waals surface area contributed by atoms with Gasteiger partial charge >= 0.3 is 5.97 Å². The zero-order chi connectivity index (χ0) is 12.9. The number of carbonyl (C=O) groups is 2. The maximum atomic E-state index is 12.1. The molecule has 0 aromatic rings. The zero-order valence-corrected chi connectivity index (χ0v) is 11.3. The smallest absolute Gasteiger partial charge is 0.319 e. The predicted octanol–water partition coefficient (Wildman–Crippen LogP) is 2.83. The third kappa shape index (κ3) is 3.95. The van der Waals surface area contributed by atoms with E-state index in [0.717, 1.165) is 6.42 Å². The molecule has 3 heteroatoms. The molecule has 0 aliphatic rings. The first-order valence-electron chi connectivity index (χ1n) is 5.95. The fraction of sp³-hybridized carbons (Fsp3) is 0.846. The second-order valence-electron chi connectivity index (χ2n) is 5.24. The number of rotatable bonds is 6. The molecule has 0 rings (SSSR count). The third-order valence-electron chi connectivity index (χ3n) is 2.67. The van der Waals surface area contributed by atoms with Crippen LogP contribution in [0.15, 0.2) is 0 Å². The van der Waals surface area contributed by atoms with E-state index in [1.54, 1.807) is 20.8 Å². The molecular formula is C13H24O3. The highest BCUT2D eigenvalue weighted by Crippen LogP contribution is 2.26. The molecule has 0 spiro atoms. The summed E-state index contributed by atoms with van der Waals surface area (Å²) in [5.74, 6) is -0.0911. The normalized spacial score (nSPS) is 13.7. The van der Waals surface area contributed by atoms with Crippen LogP contribution in [0.3, 0.4) is 0 Å². The van der Waals surface area contributed by atoms with Crippen LogP contribution < -0.4 is 0 Å². The highest BCUT2D eigenvalue weighted by molar-refractivity contribution is 6.03. The van der Waals surface area contributed by atoms with Crippen molar-refractivity contribution in [3.05, 3.63) is 0 Å². The summed E-state index contributed by atoms with van der Waals surface area (Å²) in [6.45, 7) is 11.4. The summed E-state index contributed by atoms with van der Waals surface area (Å²) < 4.78 is 4.92. The Morgan fingerprint density at radius 3 is 2.06 bits per heavy atom. The van der Waals surface area contributed by atoms with Gasteiger partial charge in [0.2, 0.25) is 0 Å². The minimum absolute atomic E-state index is 0.0281. The van der Waals surface area contributed by atoms with Gasteiger partial charge in [0.25, 0.3) is 0 Å². The van der Waals surface area contributed by atoms with Crippen LogP contribution in [-0.2, 0) is 14.3 Å². The molecule has 0 N–H and O–H groups in total. The Morgan fingerprint density at radius 2 is 1.69 bits per heavy atom. The number of esters is 1. The number of ether oxygens (including phenoxy) is 1. The second-order valence-corrected chi connectivity index (χ2v) is 5.24. The van der Waals surface area contributed by atoms with E-state index in [9.17, 15) is 9.59 Å². The first-order valence-corrected chi connectivity index (χ1v) is 5.95. The standard InChI is InChI=1S/C13H24O3/c1-7-16-12(15)13(5,6)11(14)10(4)8-9(2)3/h9-10H,7-8H2,1-6H3. The molecule has 0 saturated carbocycles. The van der Waals surface area contributed by atoms with Crippen molar-refractivity contribution < 1.29 is 14.3 Å². The van der Waals surface area contributed by atoms with Crippen molar-refractivity contribution in [2.75, 3.05) is 6.61 Å². The summed E-state index contributed by atoms with van der Waals surface area (Å²) in [6.07, 6.45) is 0.807. The summed E-state index contributed by atoms with van der Waals surface area (Å²) in [5.41, 5.74) is -1.02. The van der Waals surface area contributed by atoms with Gasteiger partial charge in [-0.1, -0.05) is 20.8 Å². The Hall–Kier alpha value is -0.860. The average Bonchev–Trinajstić information content (AvgIpc) is 2.15. The lowest BCUT2D eigenvalue weighted by Gasteiger charge is -2.25. The van der Waals surface area contributed by atoms with Crippen LogP contribution in [0.1, 0.15) is 48.0 Å². The van der Waals surface area contributed by atoms with Crippen LogP contribution >= 0.6 is 0 Å². The Morgan fingerprint density at radius 1 is 1.19 bits per heavy atom. The predicted molar refractivity (Wildman–Crippen MR) is 64.0 cm³/mol. The summed E-state index contributed by atoms with van der Waals surface area (Å²) in [4.78, 5) is 23.8. The lowest BCUT2D eigenvalue weighted by molar-refractivity contribution is -0.159. The van der Waals surface area contributed by atoms with E-state index in [2.05, 4.69) is 13.8 Å². The molecule has 0 amide bonds. The first-order chi connectivity index (χ1) is 7.23. The molecule has 0 aromatic heterocycles. The van der Waals surface area contributed by atoms with Gasteiger partial charge in [0.05, 0.1) is 6.61 Å². The molecule has 0 aromatic carbocycles. The van der Waals surface area contributed by atoms with Gasteiger partial charge in [0.1, 0.15) is 5.41 Å². The van der Waals surface area contributed by atoms with Crippen molar-refractivity contribution in [2.24, 2.45) is 17.3 Å². The Bertz CT molecular complexity index is 254. The average molecular weight is 228 g/mol. The molecule has 16 heavy (non-hydrogen) atoms. The number of Topliss-reactive ketones (excluding diaryl/α,β-unsaturated/α-hetero) is 1. The molecule has 0 radical (unpaired) electrons. The van der Waals surface area contributed by atoms with E-state index in [-0.39, 0.29) is 11.7 Å². The third-order valence-corrected chi connectivity index (χ3v) is 2.67. The number of hydrogen-bond acceptors (Lipinski definition) is 3. The van der Waals surface area contributed by atoms with Crippen molar-refractivity contribution >= 4 is 11.8 Å². The van der Waals surface area contributed by atoms with Gasteiger partial charge < -0.3 is 4.74 Å². The maximum absolute atomic E-state index is 12.1. The minimum atomic E-state index is -1.02. The van der Waals surface area contributed by atoms with Crippen molar-refractivity contribution in [1.29, 1.82) is 0 Å². The topological polar surface area (TPSA) is 43.4 Å². The van der Waals surface area contributed by atoms with Crippen LogP contribution in [0, 0.1) is 17.3 Å². The van der Waals surface area contributed by atoms with Crippen LogP contribution in [0.2, 0.25) is 0 Å². The Kier molecular flexibility index (Phi) is 5.70. The Labute approximate surface area is 98.6 Å². The van der Waals surface area contributed by atoms with Gasteiger partial charge in [-0.2, -0.15) is 0 Å². The van der Waals surface area contributed by atoms with Crippen LogP contribution in [0.25, 0.3) is 0 Å². The van der Waals surface area contributed by atoms with Crippen LogP contribution in [0.5, 0.6) is 0 Å². The fourth-order valence-electron chi connectivity index (χ4n) is 1.84. The minimum Gasteiger partial charge on any atom is -0.465 e. The van der Waals surface area contributed by atoms with Gasteiger partial charge in [-0.05, 0) is 33.1 Å². The number of carbonyl (C=O) groups excluding carboxylic acids is 2. The molecule has 94 valence electrons. The van der Waals surface area contributed by atoms with Crippen LogP contribution in [0.4, 0.5) is 0 Å². The summed E-state index contributed by atoms with van der Waals surface area (Å²) >= 11 is 0. The largest absolute Gasteiger partial charge is 0.465 e. The second kappa shape index (κ2) is 6.02. The molecule has 0 saturated heterocycles. The molecule has 1 unspecified atom stereocenters. The lowest BCUT2D eigenvalue weighted by Crippen LogP contribution is -2.38. The van der Waals surface area contributed by atoms with Crippen molar-refractivity contribution in [2.45, 2.75) is 48.0 Å². The van der Waals surface area contributed by atoms with Gasteiger partial charge in [0, 0.05) is 5.92 Å². The molecule has 0 bridgehead atoms. The van der Waals surface area contributed by atoms with Crippen molar-refractivity contribution in [3.63, 3.8) is 0 Å². The number of ketones is 1. The SMILES string of the molecule is CCOC(=O)C(C)(C)C(=O)C(C)CC(C)C. The highest BCUT2D eigenvalue weighted by Gasteiger charge is 2.39. The van der Waals surface area contributed by atoms with E-state index >= 15 is 0 Å².